The Balaban J connectivity index is 0.00000341. The Labute approximate surface area is 202 Å². The summed E-state index contributed by atoms with van der Waals surface area (Å²) in [5, 5.41) is 8.06. The molecule has 0 radical (unpaired) electrons. The molecule has 1 aromatic heterocycles. The Morgan fingerprint density at radius 2 is 2.10 bits per heavy atom. The van der Waals surface area contributed by atoms with Crippen molar-refractivity contribution in [2.45, 2.75) is 46.0 Å². The Bertz CT molecular complexity index is 851. The number of primary amides is 1. The number of rotatable bonds is 8. The van der Waals surface area contributed by atoms with Gasteiger partial charge in [0, 0.05) is 38.8 Å². The summed E-state index contributed by atoms with van der Waals surface area (Å²) in [4.78, 5) is 18.4. The summed E-state index contributed by atoms with van der Waals surface area (Å²) in [6.07, 6.45) is 6.63. The molecule has 31 heavy (non-hydrogen) atoms. The average Bonchev–Trinajstić information content (AvgIpc) is 3.11. The summed E-state index contributed by atoms with van der Waals surface area (Å²) in [5.74, 6) is 1.06. The molecule has 1 amide bonds. The van der Waals surface area contributed by atoms with Crippen LogP contribution in [0.5, 0.6) is 0 Å². The first-order valence-corrected chi connectivity index (χ1v) is 11.0. The van der Waals surface area contributed by atoms with Crippen molar-refractivity contribution in [2.75, 3.05) is 26.2 Å². The van der Waals surface area contributed by atoms with Crippen LogP contribution in [0.1, 0.15) is 43.9 Å². The first-order chi connectivity index (χ1) is 14.6. The van der Waals surface area contributed by atoms with E-state index in [1.165, 1.54) is 5.56 Å². The Morgan fingerprint density at radius 3 is 2.81 bits per heavy atom. The van der Waals surface area contributed by atoms with Gasteiger partial charge in [-0.25, -0.2) is 4.68 Å². The maximum absolute atomic E-state index is 11.3. The number of hydrogen-bond acceptors (Lipinski definition) is 3. The van der Waals surface area contributed by atoms with E-state index >= 15 is 0 Å². The highest BCUT2D eigenvalue weighted by molar-refractivity contribution is 14.0. The topological polar surface area (TPSA) is 88.5 Å². The van der Waals surface area contributed by atoms with Gasteiger partial charge in [-0.15, -0.1) is 24.0 Å². The van der Waals surface area contributed by atoms with Crippen LogP contribution >= 0.6 is 24.0 Å². The van der Waals surface area contributed by atoms with Crippen molar-refractivity contribution in [1.29, 1.82) is 0 Å². The van der Waals surface area contributed by atoms with Crippen molar-refractivity contribution in [3.05, 3.63) is 47.8 Å². The summed E-state index contributed by atoms with van der Waals surface area (Å²) in [6.45, 7) is 7.56. The lowest BCUT2D eigenvalue weighted by Gasteiger charge is -2.34. The Kier molecular flexibility index (Phi) is 10.3. The summed E-state index contributed by atoms with van der Waals surface area (Å²) in [7, 11) is 0. The zero-order valence-corrected chi connectivity index (χ0v) is 20.9. The van der Waals surface area contributed by atoms with E-state index in [1.807, 2.05) is 22.9 Å². The normalized spacial score (nSPS) is 16.6. The van der Waals surface area contributed by atoms with Gasteiger partial charge in [-0.05, 0) is 63.1 Å². The predicted octanol–water partition coefficient (Wildman–Crippen LogP) is 3.28. The van der Waals surface area contributed by atoms with Gasteiger partial charge >= 0.3 is 0 Å². The molecule has 2 heterocycles. The number of amides is 1. The highest BCUT2D eigenvalue weighted by Gasteiger charge is 2.23. The monoisotopic (exact) mass is 538 g/mol. The number of aromatic nitrogens is 2. The molecule has 7 nitrogen and oxygen atoms in total. The quantitative estimate of drug-likeness (QED) is 0.234. The third kappa shape index (κ3) is 7.52. The molecule has 0 aliphatic carbocycles. The molecule has 8 heteroatoms. The van der Waals surface area contributed by atoms with Crippen LogP contribution in [0.4, 0.5) is 0 Å². The van der Waals surface area contributed by atoms with Gasteiger partial charge in [-0.2, -0.15) is 5.10 Å². The third-order valence-electron chi connectivity index (χ3n) is 5.53. The minimum Gasteiger partial charge on any atom is -0.370 e. The number of likely N-dealkylation sites (tertiary alicyclic amines) is 1. The van der Waals surface area contributed by atoms with E-state index in [0.29, 0.717) is 12.3 Å². The number of piperidine rings is 1. The zero-order chi connectivity index (χ0) is 21.3. The average molecular weight is 538 g/mol. The van der Waals surface area contributed by atoms with E-state index in [4.69, 9.17) is 10.7 Å². The van der Waals surface area contributed by atoms with Crippen LogP contribution in [0.15, 0.2) is 41.5 Å². The molecule has 0 bridgehead atoms. The van der Waals surface area contributed by atoms with Crippen LogP contribution in [-0.4, -0.2) is 52.7 Å². The lowest BCUT2D eigenvalue weighted by Crippen LogP contribution is -2.47. The van der Waals surface area contributed by atoms with Crippen molar-refractivity contribution in [1.82, 2.24) is 20.0 Å². The second-order valence-corrected chi connectivity index (χ2v) is 7.98. The highest BCUT2D eigenvalue weighted by atomic mass is 127. The number of nitrogens with zero attached hydrogens (tertiary/aromatic N) is 4. The summed E-state index contributed by atoms with van der Waals surface area (Å²) in [6, 6.07) is 10.2. The lowest BCUT2D eigenvalue weighted by atomic mass is 9.95. The molecule has 3 N–H and O–H groups in total. The molecule has 170 valence electrons. The molecule has 1 aliphatic heterocycles. The second-order valence-electron chi connectivity index (χ2n) is 7.98. The maximum atomic E-state index is 11.3. The van der Waals surface area contributed by atoms with Gasteiger partial charge in [0.15, 0.2) is 5.96 Å². The molecule has 0 spiro atoms. The second kappa shape index (κ2) is 12.7. The fraction of sp³-hybridized carbons (Fsp3) is 0.522. The fourth-order valence-corrected chi connectivity index (χ4v) is 4.04. The van der Waals surface area contributed by atoms with Crippen molar-refractivity contribution in [3.63, 3.8) is 0 Å². The number of carbonyl (C=O) groups is 1. The third-order valence-corrected chi connectivity index (χ3v) is 5.53. The van der Waals surface area contributed by atoms with Gasteiger partial charge in [0.25, 0.3) is 0 Å². The van der Waals surface area contributed by atoms with E-state index < -0.39 is 0 Å². The number of aliphatic imine (C=N–C) groups is 1. The van der Waals surface area contributed by atoms with E-state index in [1.54, 1.807) is 0 Å². The van der Waals surface area contributed by atoms with E-state index in [-0.39, 0.29) is 29.9 Å². The largest absolute Gasteiger partial charge is 0.370 e. The van der Waals surface area contributed by atoms with E-state index in [0.717, 1.165) is 69.2 Å². The summed E-state index contributed by atoms with van der Waals surface area (Å²) < 4.78 is 1.95. The number of benzene rings is 1. The number of para-hydroxylation sites is 1. The van der Waals surface area contributed by atoms with E-state index in [9.17, 15) is 4.79 Å². The van der Waals surface area contributed by atoms with Crippen molar-refractivity contribution < 1.29 is 4.79 Å². The fourth-order valence-electron chi connectivity index (χ4n) is 4.04. The van der Waals surface area contributed by atoms with Gasteiger partial charge in [0.2, 0.25) is 5.91 Å². The van der Waals surface area contributed by atoms with Gasteiger partial charge < -0.3 is 16.0 Å². The van der Waals surface area contributed by atoms with Crippen LogP contribution in [0, 0.1) is 12.8 Å². The molecular formula is C23H35IN6O. The van der Waals surface area contributed by atoms with Crippen LogP contribution in [0.25, 0.3) is 5.69 Å². The molecule has 1 atom stereocenters. The molecule has 2 aromatic rings. The predicted molar refractivity (Wildman–Crippen MR) is 136 cm³/mol. The number of carbonyl (C=O) groups excluding carboxylic acids is 1. The molecule has 1 fully saturated rings. The number of aryl methyl sites for hydroxylation is 2. The zero-order valence-electron chi connectivity index (χ0n) is 18.6. The van der Waals surface area contributed by atoms with Crippen LogP contribution in [-0.2, 0) is 11.2 Å². The van der Waals surface area contributed by atoms with Gasteiger partial charge in [-0.3, -0.25) is 9.79 Å². The van der Waals surface area contributed by atoms with E-state index in [2.05, 4.69) is 47.5 Å². The highest BCUT2D eigenvalue weighted by Crippen LogP contribution is 2.19. The standard InChI is InChI=1S/C23H34N6O.HI/c1-3-25-23(28-14-8-9-19(16-28)15-22(24)30)26-13-7-10-20-17-29(27-18(20)2)21-11-5-4-6-12-21;/h4-6,11-12,17,19H,3,7-10,13-16H2,1-2H3,(H2,24,30)(H,25,26);1H. The van der Waals surface area contributed by atoms with Gasteiger partial charge in [0.05, 0.1) is 11.4 Å². The summed E-state index contributed by atoms with van der Waals surface area (Å²) >= 11 is 0. The Hall–Kier alpha value is -2.10. The molecular weight excluding hydrogens is 503 g/mol. The molecule has 1 saturated heterocycles. The SMILES string of the molecule is CCNC(=NCCCc1cn(-c2ccccc2)nc1C)N1CCCC(CC(N)=O)C1.I. The minimum atomic E-state index is -0.213. The van der Waals surface area contributed by atoms with Crippen LogP contribution in [0.2, 0.25) is 0 Å². The first-order valence-electron chi connectivity index (χ1n) is 11.0. The minimum absolute atomic E-state index is 0. The first kappa shape index (κ1) is 25.2. The molecule has 1 aliphatic rings. The Morgan fingerprint density at radius 1 is 1.32 bits per heavy atom. The maximum Gasteiger partial charge on any atom is 0.217 e. The number of halogens is 1. The van der Waals surface area contributed by atoms with Gasteiger partial charge in [0.1, 0.15) is 0 Å². The van der Waals surface area contributed by atoms with Gasteiger partial charge in [-0.1, -0.05) is 18.2 Å². The van der Waals surface area contributed by atoms with Crippen molar-refractivity contribution >= 4 is 35.8 Å². The molecule has 3 rings (SSSR count). The lowest BCUT2D eigenvalue weighted by molar-refractivity contribution is -0.119. The number of nitrogens with one attached hydrogen (secondary N) is 1. The number of nitrogens with two attached hydrogens (primary N) is 1. The number of hydrogen-bond donors (Lipinski definition) is 2. The summed E-state index contributed by atoms with van der Waals surface area (Å²) in [5.41, 5.74) is 8.81. The smallest absolute Gasteiger partial charge is 0.217 e. The number of guanidine groups is 1. The van der Waals surface area contributed by atoms with Crippen LogP contribution in [0.3, 0.4) is 0 Å². The van der Waals surface area contributed by atoms with Crippen molar-refractivity contribution in [3.8, 4) is 5.69 Å². The molecule has 0 saturated carbocycles. The molecule has 1 unspecified atom stereocenters. The molecule has 1 aromatic carbocycles. The van der Waals surface area contributed by atoms with Crippen LogP contribution < -0.4 is 11.1 Å². The van der Waals surface area contributed by atoms with Crippen molar-refractivity contribution in [2.24, 2.45) is 16.6 Å².